The van der Waals surface area contributed by atoms with Gasteiger partial charge in [0, 0.05) is 12.6 Å². The van der Waals surface area contributed by atoms with Crippen LogP contribution in [0.2, 0.25) is 0 Å². The lowest BCUT2D eigenvalue weighted by atomic mass is 9.96. The third-order valence-corrected chi connectivity index (χ3v) is 3.94. The predicted molar refractivity (Wildman–Crippen MR) is 77.6 cm³/mol. The van der Waals surface area contributed by atoms with Crippen LogP contribution in [0.25, 0.3) is 0 Å². The highest BCUT2D eigenvalue weighted by molar-refractivity contribution is 5.44. The third-order valence-electron chi connectivity index (χ3n) is 3.94. The van der Waals surface area contributed by atoms with Crippen LogP contribution in [0.3, 0.4) is 0 Å². The van der Waals surface area contributed by atoms with Crippen LogP contribution in [0.5, 0.6) is 5.75 Å². The van der Waals surface area contributed by atoms with Crippen molar-refractivity contribution in [2.75, 3.05) is 13.7 Å². The van der Waals surface area contributed by atoms with Crippen LogP contribution < -0.4 is 10.5 Å². The van der Waals surface area contributed by atoms with Crippen molar-refractivity contribution in [3.63, 3.8) is 0 Å². The standard InChI is InChI=1S/C16H25NO2/c1-11-9-13(10-12(2)16(11)18-3)15(17)7-6-14-5-4-8-19-14/h9-10,14-15H,4-8,17H2,1-3H3. The molecule has 1 aromatic carbocycles. The number of nitrogens with two attached hydrogens (primary N) is 1. The van der Waals surface area contributed by atoms with Gasteiger partial charge in [0.2, 0.25) is 0 Å². The van der Waals surface area contributed by atoms with Gasteiger partial charge in [-0.2, -0.15) is 0 Å². The van der Waals surface area contributed by atoms with Gasteiger partial charge in [-0.3, -0.25) is 0 Å². The van der Waals surface area contributed by atoms with Gasteiger partial charge in [-0.25, -0.2) is 0 Å². The van der Waals surface area contributed by atoms with Gasteiger partial charge in [0.15, 0.2) is 0 Å². The summed E-state index contributed by atoms with van der Waals surface area (Å²) in [4.78, 5) is 0. The second-order valence-corrected chi connectivity index (χ2v) is 5.51. The van der Waals surface area contributed by atoms with Gasteiger partial charge in [-0.15, -0.1) is 0 Å². The highest BCUT2D eigenvalue weighted by atomic mass is 16.5. The minimum atomic E-state index is 0.0903. The van der Waals surface area contributed by atoms with Gasteiger partial charge in [-0.05, 0) is 56.2 Å². The number of hydrogen-bond acceptors (Lipinski definition) is 3. The van der Waals surface area contributed by atoms with E-state index in [4.69, 9.17) is 15.2 Å². The van der Waals surface area contributed by atoms with Crippen LogP contribution in [0.4, 0.5) is 0 Å². The molecular formula is C16H25NO2. The largest absolute Gasteiger partial charge is 0.496 e. The van der Waals surface area contributed by atoms with Crippen molar-refractivity contribution in [2.45, 2.75) is 51.7 Å². The Kier molecular flexibility index (Phi) is 4.83. The lowest BCUT2D eigenvalue weighted by molar-refractivity contribution is 0.101. The monoisotopic (exact) mass is 263 g/mol. The molecule has 1 aliphatic heterocycles. The van der Waals surface area contributed by atoms with Crippen molar-refractivity contribution < 1.29 is 9.47 Å². The molecule has 1 heterocycles. The Hall–Kier alpha value is -1.06. The molecule has 0 saturated carbocycles. The molecule has 1 saturated heterocycles. The minimum Gasteiger partial charge on any atom is -0.496 e. The number of aryl methyl sites for hydroxylation is 2. The van der Waals surface area contributed by atoms with E-state index in [1.807, 2.05) is 0 Å². The molecule has 1 aliphatic rings. The fraction of sp³-hybridized carbons (Fsp3) is 0.625. The number of methoxy groups -OCH3 is 1. The topological polar surface area (TPSA) is 44.5 Å². The molecular weight excluding hydrogens is 238 g/mol. The molecule has 2 unspecified atom stereocenters. The Balaban J connectivity index is 2.00. The summed E-state index contributed by atoms with van der Waals surface area (Å²) in [7, 11) is 1.71. The number of ether oxygens (including phenoxy) is 2. The van der Waals surface area contributed by atoms with Gasteiger partial charge in [0.05, 0.1) is 13.2 Å². The summed E-state index contributed by atoms with van der Waals surface area (Å²) in [6, 6.07) is 4.38. The highest BCUT2D eigenvalue weighted by Crippen LogP contribution is 2.29. The van der Waals surface area contributed by atoms with Gasteiger partial charge in [0.25, 0.3) is 0 Å². The fourth-order valence-electron chi connectivity index (χ4n) is 2.92. The molecule has 0 amide bonds. The predicted octanol–water partition coefficient (Wildman–Crippen LogP) is 3.27. The Morgan fingerprint density at radius 1 is 1.37 bits per heavy atom. The van der Waals surface area contributed by atoms with E-state index in [1.54, 1.807) is 7.11 Å². The van der Waals surface area contributed by atoms with E-state index in [-0.39, 0.29) is 6.04 Å². The van der Waals surface area contributed by atoms with Crippen molar-refractivity contribution in [3.05, 3.63) is 28.8 Å². The van der Waals surface area contributed by atoms with Crippen molar-refractivity contribution in [2.24, 2.45) is 5.73 Å². The lowest BCUT2D eigenvalue weighted by Gasteiger charge is -2.18. The average molecular weight is 263 g/mol. The fourth-order valence-corrected chi connectivity index (χ4v) is 2.92. The van der Waals surface area contributed by atoms with Gasteiger partial charge < -0.3 is 15.2 Å². The summed E-state index contributed by atoms with van der Waals surface area (Å²) in [5, 5.41) is 0. The molecule has 1 aromatic rings. The summed E-state index contributed by atoms with van der Waals surface area (Å²) >= 11 is 0. The van der Waals surface area contributed by atoms with E-state index in [9.17, 15) is 0 Å². The Bertz CT molecular complexity index is 402. The van der Waals surface area contributed by atoms with Crippen molar-refractivity contribution in [1.29, 1.82) is 0 Å². The van der Waals surface area contributed by atoms with Gasteiger partial charge >= 0.3 is 0 Å². The van der Waals surface area contributed by atoms with Crippen LogP contribution in [0.15, 0.2) is 12.1 Å². The van der Waals surface area contributed by atoms with Gasteiger partial charge in [-0.1, -0.05) is 12.1 Å². The second kappa shape index (κ2) is 6.40. The Labute approximate surface area is 116 Å². The first-order chi connectivity index (χ1) is 9.11. The molecule has 0 spiro atoms. The maximum absolute atomic E-state index is 6.31. The number of rotatable bonds is 5. The number of hydrogen-bond donors (Lipinski definition) is 1. The average Bonchev–Trinajstić information content (AvgIpc) is 2.88. The Morgan fingerprint density at radius 3 is 2.58 bits per heavy atom. The summed E-state index contributed by atoms with van der Waals surface area (Å²) in [5.74, 6) is 0.968. The first-order valence-corrected chi connectivity index (χ1v) is 7.14. The van der Waals surface area contributed by atoms with Crippen LogP contribution in [-0.2, 0) is 4.74 Å². The molecule has 106 valence electrons. The first kappa shape index (κ1) is 14.4. The summed E-state index contributed by atoms with van der Waals surface area (Å²) in [5.41, 5.74) is 9.82. The molecule has 19 heavy (non-hydrogen) atoms. The zero-order valence-electron chi connectivity index (χ0n) is 12.2. The quantitative estimate of drug-likeness (QED) is 0.886. The van der Waals surface area contributed by atoms with E-state index in [2.05, 4.69) is 26.0 Å². The normalized spacial score (nSPS) is 20.5. The van der Waals surface area contributed by atoms with E-state index in [1.165, 1.54) is 18.4 Å². The first-order valence-electron chi connectivity index (χ1n) is 7.14. The van der Waals surface area contributed by atoms with E-state index in [0.717, 1.165) is 36.3 Å². The van der Waals surface area contributed by atoms with Crippen LogP contribution in [-0.4, -0.2) is 19.8 Å². The SMILES string of the molecule is COc1c(C)cc(C(N)CCC2CCCO2)cc1C. The molecule has 3 nitrogen and oxygen atoms in total. The second-order valence-electron chi connectivity index (χ2n) is 5.51. The van der Waals surface area contributed by atoms with Crippen LogP contribution in [0, 0.1) is 13.8 Å². The molecule has 3 heteroatoms. The molecule has 2 atom stereocenters. The summed E-state index contributed by atoms with van der Waals surface area (Å²) in [6.45, 7) is 5.06. The molecule has 2 N–H and O–H groups in total. The maximum Gasteiger partial charge on any atom is 0.124 e. The molecule has 0 radical (unpaired) electrons. The molecule has 1 fully saturated rings. The van der Waals surface area contributed by atoms with Crippen molar-refractivity contribution in [1.82, 2.24) is 0 Å². The summed E-state index contributed by atoms with van der Waals surface area (Å²) in [6.07, 6.45) is 4.85. The minimum absolute atomic E-state index is 0.0903. The zero-order valence-corrected chi connectivity index (χ0v) is 12.2. The highest BCUT2D eigenvalue weighted by Gasteiger charge is 2.18. The summed E-state index contributed by atoms with van der Waals surface area (Å²) < 4.78 is 11.0. The number of benzene rings is 1. The van der Waals surface area contributed by atoms with Crippen LogP contribution in [0.1, 0.15) is 48.4 Å². The maximum atomic E-state index is 6.31. The van der Waals surface area contributed by atoms with E-state index < -0.39 is 0 Å². The molecule has 0 bridgehead atoms. The van der Waals surface area contributed by atoms with E-state index in [0.29, 0.717) is 6.10 Å². The lowest BCUT2D eigenvalue weighted by Crippen LogP contribution is -2.15. The Morgan fingerprint density at radius 2 is 2.05 bits per heavy atom. The molecule has 0 aromatic heterocycles. The zero-order chi connectivity index (χ0) is 13.8. The van der Waals surface area contributed by atoms with Crippen LogP contribution >= 0.6 is 0 Å². The smallest absolute Gasteiger partial charge is 0.124 e. The van der Waals surface area contributed by atoms with Gasteiger partial charge in [0.1, 0.15) is 5.75 Å². The molecule has 2 rings (SSSR count). The van der Waals surface area contributed by atoms with Crippen molar-refractivity contribution >= 4 is 0 Å². The third kappa shape index (κ3) is 3.48. The molecule has 0 aliphatic carbocycles. The van der Waals surface area contributed by atoms with E-state index >= 15 is 0 Å². The van der Waals surface area contributed by atoms with Crippen molar-refractivity contribution in [3.8, 4) is 5.75 Å².